The number of benzene rings is 1. The lowest BCUT2D eigenvalue weighted by Crippen LogP contribution is -2.13. The highest BCUT2D eigenvalue weighted by Crippen LogP contribution is 2.22. The number of hydrogen-bond donors (Lipinski definition) is 2. The molecule has 7 nitrogen and oxygen atoms in total. The first-order chi connectivity index (χ1) is 8.74. The Labute approximate surface area is 105 Å². The number of H-pyrrole nitrogens is 1. The molecule has 0 spiro atoms. The maximum absolute atomic E-state index is 11.7. The maximum atomic E-state index is 11.7. The molecule has 0 fully saturated rings. The molecule has 3 aromatic rings. The van der Waals surface area contributed by atoms with Crippen LogP contribution in [0.25, 0.3) is 11.3 Å². The summed E-state index contributed by atoms with van der Waals surface area (Å²) in [6.45, 7) is 0. The molecular weight excluding hydrogens is 258 g/mol. The molecule has 1 aromatic carbocycles. The zero-order chi connectivity index (χ0) is 12.5. The van der Waals surface area contributed by atoms with Gasteiger partial charge < -0.3 is 5.32 Å². The van der Waals surface area contributed by atoms with Crippen molar-refractivity contribution in [2.45, 2.75) is 0 Å². The number of nitrogens with one attached hydrogen (secondary N) is 2. The first-order valence-corrected chi connectivity index (χ1v) is 5.36. The minimum Gasteiger partial charge on any atom is -0.334 e. The van der Waals surface area contributed by atoms with Crippen molar-refractivity contribution in [1.82, 2.24) is 20.3 Å². The van der Waals surface area contributed by atoms with Gasteiger partial charge in [-0.1, -0.05) is 23.7 Å². The molecule has 0 saturated carbocycles. The van der Waals surface area contributed by atoms with E-state index in [1.54, 1.807) is 24.3 Å². The normalized spacial score (nSPS) is 10.7. The molecule has 0 amide bonds. The number of para-hydroxylation sites is 1. The number of halogens is 1. The molecule has 0 aliphatic rings. The number of anilines is 2. The lowest BCUT2D eigenvalue weighted by Gasteiger charge is -2.05. The van der Waals surface area contributed by atoms with Gasteiger partial charge in [0.25, 0.3) is 5.56 Å². The molecule has 2 N–H and O–H groups in total. The molecule has 0 unspecified atom stereocenters. The Morgan fingerprint density at radius 2 is 2.11 bits per heavy atom. The smallest absolute Gasteiger partial charge is 0.292 e. The van der Waals surface area contributed by atoms with Crippen molar-refractivity contribution >= 4 is 34.4 Å². The van der Waals surface area contributed by atoms with Gasteiger partial charge in [0, 0.05) is 0 Å². The number of aromatic amines is 1. The summed E-state index contributed by atoms with van der Waals surface area (Å²) in [6.07, 6.45) is 0. The van der Waals surface area contributed by atoms with Crippen LogP contribution in [0, 0.1) is 0 Å². The fourth-order valence-electron chi connectivity index (χ4n) is 1.43. The van der Waals surface area contributed by atoms with E-state index in [9.17, 15) is 4.79 Å². The molecule has 0 bridgehead atoms. The molecule has 2 heterocycles. The van der Waals surface area contributed by atoms with Gasteiger partial charge in [-0.25, -0.2) is 4.63 Å². The molecule has 0 aliphatic heterocycles. The van der Waals surface area contributed by atoms with Crippen molar-refractivity contribution in [2.24, 2.45) is 0 Å². The number of hydrogen-bond acceptors (Lipinski definition) is 6. The SMILES string of the molecule is O=c1[nH]c2nonc2nc1Nc1ccccc1Cl. The number of nitrogens with zero attached hydrogens (tertiary/aromatic N) is 3. The summed E-state index contributed by atoms with van der Waals surface area (Å²) in [7, 11) is 0. The second-order valence-electron chi connectivity index (χ2n) is 3.46. The fraction of sp³-hybridized carbons (Fsp3) is 0. The molecule has 0 atom stereocenters. The Balaban J connectivity index is 2.07. The number of rotatable bonds is 2. The Morgan fingerprint density at radius 3 is 2.94 bits per heavy atom. The van der Waals surface area contributed by atoms with Gasteiger partial charge in [-0.15, -0.1) is 0 Å². The van der Waals surface area contributed by atoms with Gasteiger partial charge in [0.1, 0.15) is 0 Å². The molecule has 18 heavy (non-hydrogen) atoms. The van der Waals surface area contributed by atoms with E-state index < -0.39 is 5.56 Å². The van der Waals surface area contributed by atoms with Crippen LogP contribution in [0.1, 0.15) is 0 Å². The van der Waals surface area contributed by atoms with Crippen LogP contribution in [-0.4, -0.2) is 20.3 Å². The van der Waals surface area contributed by atoms with Crippen molar-refractivity contribution in [3.63, 3.8) is 0 Å². The third-order valence-electron chi connectivity index (χ3n) is 2.26. The van der Waals surface area contributed by atoms with Gasteiger partial charge in [0.2, 0.25) is 11.3 Å². The standard InChI is InChI=1S/C10H6ClN5O2/c11-5-3-1-2-4-6(5)12-9-10(17)14-8-7(13-9)15-18-16-8/h1-4H,(H,12,13,15)(H,14,16,17). The largest absolute Gasteiger partial charge is 0.334 e. The average molecular weight is 264 g/mol. The minimum absolute atomic E-state index is 0.0753. The summed E-state index contributed by atoms with van der Waals surface area (Å²) in [5.41, 5.74) is 0.556. The third-order valence-corrected chi connectivity index (χ3v) is 2.59. The van der Waals surface area contributed by atoms with E-state index in [-0.39, 0.29) is 17.1 Å². The Morgan fingerprint density at radius 1 is 1.28 bits per heavy atom. The number of aromatic nitrogens is 4. The van der Waals surface area contributed by atoms with Gasteiger partial charge >= 0.3 is 0 Å². The predicted octanol–water partition coefficient (Wildman–Crippen LogP) is 1.70. The van der Waals surface area contributed by atoms with Gasteiger partial charge in [-0.2, -0.15) is 4.98 Å². The molecule has 0 saturated heterocycles. The Bertz CT molecular complexity index is 766. The van der Waals surface area contributed by atoms with E-state index in [2.05, 4.69) is 30.2 Å². The van der Waals surface area contributed by atoms with Crippen molar-refractivity contribution in [2.75, 3.05) is 5.32 Å². The van der Waals surface area contributed by atoms with E-state index in [1.165, 1.54) is 0 Å². The van der Waals surface area contributed by atoms with E-state index >= 15 is 0 Å². The number of fused-ring (bicyclic) bond motifs is 1. The van der Waals surface area contributed by atoms with Crippen LogP contribution in [0.5, 0.6) is 0 Å². The average Bonchev–Trinajstić information content (AvgIpc) is 2.79. The van der Waals surface area contributed by atoms with E-state index in [0.717, 1.165) is 0 Å². The monoisotopic (exact) mass is 263 g/mol. The molecule has 3 rings (SSSR count). The molecule has 8 heteroatoms. The van der Waals surface area contributed by atoms with Crippen LogP contribution in [-0.2, 0) is 0 Å². The second kappa shape index (κ2) is 4.11. The zero-order valence-electron chi connectivity index (χ0n) is 8.85. The lowest BCUT2D eigenvalue weighted by atomic mass is 10.3. The van der Waals surface area contributed by atoms with Crippen molar-refractivity contribution < 1.29 is 4.63 Å². The highest BCUT2D eigenvalue weighted by Gasteiger charge is 2.09. The predicted molar refractivity (Wildman–Crippen MR) is 65.0 cm³/mol. The summed E-state index contributed by atoms with van der Waals surface area (Å²) >= 11 is 5.97. The minimum atomic E-state index is -0.432. The van der Waals surface area contributed by atoms with Crippen LogP contribution in [0.3, 0.4) is 0 Å². The fourth-order valence-corrected chi connectivity index (χ4v) is 1.62. The first-order valence-electron chi connectivity index (χ1n) is 4.98. The van der Waals surface area contributed by atoms with E-state index in [1.807, 2.05) is 0 Å². The summed E-state index contributed by atoms with van der Waals surface area (Å²) in [5.74, 6) is 0.0753. The summed E-state index contributed by atoms with van der Waals surface area (Å²) in [6, 6.07) is 7.01. The quantitative estimate of drug-likeness (QED) is 0.730. The van der Waals surface area contributed by atoms with E-state index in [4.69, 9.17) is 11.6 Å². The van der Waals surface area contributed by atoms with Gasteiger partial charge in [-0.3, -0.25) is 9.78 Å². The first kappa shape index (κ1) is 10.7. The molecule has 0 aliphatic carbocycles. The van der Waals surface area contributed by atoms with Crippen molar-refractivity contribution in [1.29, 1.82) is 0 Å². The lowest BCUT2D eigenvalue weighted by molar-refractivity contribution is 0.314. The highest BCUT2D eigenvalue weighted by atomic mass is 35.5. The van der Waals surface area contributed by atoms with Crippen LogP contribution in [0.15, 0.2) is 33.7 Å². The van der Waals surface area contributed by atoms with Gasteiger partial charge in [-0.05, 0) is 22.4 Å². The Hall–Kier alpha value is -2.41. The van der Waals surface area contributed by atoms with Crippen molar-refractivity contribution in [3.05, 3.63) is 39.6 Å². The Kier molecular flexibility index (Phi) is 2.45. The molecule has 0 radical (unpaired) electrons. The summed E-state index contributed by atoms with van der Waals surface area (Å²) < 4.78 is 4.46. The van der Waals surface area contributed by atoms with Crippen LogP contribution < -0.4 is 10.9 Å². The molecular formula is C10H6ClN5O2. The van der Waals surface area contributed by atoms with E-state index in [0.29, 0.717) is 10.7 Å². The summed E-state index contributed by atoms with van der Waals surface area (Å²) in [5, 5.41) is 10.3. The topological polar surface area (TPSA) is 96.7 Å². The van der Waals surface area contributed by atoms with Crippen LogP contribution in [0.4, 0.5) is 11.5 Å². The second-order valence-corrected chi connectivity index (χ2v) is 3.86. The summed E-state index contributed by atoms with van der Waals surface area (Å²) in [4.78, 5) is 18.2. The maximum Gasteiger partial charge on any atom is 0.292 e. The molecule has 2 aromatic heterocycles. The third kappa shape index (κ3) is 1.80. The van der Waals surface area contributed by atoms with Crippen LogP contribution >= 0.6 is 11.6 Å². The van der Waals surface area contributed by atoms with Crippen molar-refractivity contribution in [3.8, 4) is 0 Å². The zero-order valence-corrected chi connectivity index (χ0v) is 9.60. The van der Waals surface area contributed by atoms with Crippen LogP contribution in [0.2, 0.25) is 5.02 Å². The highest BCUT2D eigenvalue weighted by molar-refractivity contribution is 6.33. The van der Waals surface area contributed by atoms with Gasteiger partial charge in [0.05, 0.1) is 10.7 Å². The van der Waals surface area contributed by atoms with Gasteiger partial charge in [0.15, 0.2) is 5.82 Å². The molecule has 90 valence electrons.